The second-order valence-electron chi connectivity index (χ2n) is 4.64. The van der Waals surface area contributed by atoms with Gasteiger partial charge in [-0.25, -0.2) is 0 Å². The zero-order chi connectivity index (χ0) is 11.2. The molecule has 0 amide bonds. The first-order valence-electron chi connectivity index (χ1n) is 4.86. The fraction of sp³-hybridized carbons (Fsp3) is 0.727. The SMILES string of the molecule is COC(C)(C#C[Si](C)(C)C)CCC=O. The van der Waals surface area contributed by atoms with Crippen molar-refractivity contribution in [3.8, 4) is 11.5 Å². The Morgan fingerprint density at radius 2 is 2.00 bits per heavy atom. The Hall–Kier alpha value is -0.593. The summed E-state index contributed by atoms with van der Waals surface area (Å²) in [6.45, 7) is 8.51. The molecule has 0 fully saturated rings. The van der Waals surface area contributed by atoms with Gasteiger partial charge in [-0.05, 0) is 13.3 Å². The first-order valence-corrected chi connectivity index (χ1v) is 8.36. The Labute approximate surface area is 88.0 Å². The second kappa shape index (κ2) is 5.33. The zero-order valence-electron chi connectivity index (χ0n) is 9.81. The van der Waals surface area contributed by atoms with Gasteiger partial charge < -0.3 is 9.53 Å². The van der Waals surface area contributed by atoms with Crippen LogP contribution in [-0.2, 0) is 9.53 Å². The van der Waals surface area contributed by atoms with Gasteiger partial charge in [0.1, 0.15) is 20.0 Å². The van der Waals surface area contributed by atoms with E-state index in [0.29, 0.717) is 12.8 Å². The minimum absolute atomic E-state index is 0.457. The summed E-state index contributed by atoms with van der Waals surface area (Å²) in [4.78, 5) is 10.3. The molecule has 2 nitrogen and oxygen atoms in total. The molecule has 0 aliphatic rings. The smallest absolute Gasteiger partial charge is 0.129 e. The van der Waals surface area contributed by atoms with Crippen molar-refractivity contribution in [3.63, 3.8) is 0 Å². The van der Waals surface area contributed by atoms with Gasteiger partial charge >= 0.3 is 0 Å². The van der Waals surface area contributed by atoms with Crippen molar-refractivity contribution < 1.29 is 9.53 Å². The second-order valence-corrected chi connectivity index (χ2v) is 9.39. The molecule has 0 radical (unpaired) electrons. The van der Waals surface area contributed by atoms with Gasteiger partial charge in [0.15, 0.2) is 0 Å². The number of ether oxygens (including phenoxy) is 1. The normalized spacial score (nSPS) is 15.2. The minimum atomic E-state index is -1.35. The van der Waals surface area contributed by atoms with Gasteiger partial charge in [0.25, 0.3) is 0 Å². The van der Waals surface area contributed by atoms with Crippen molar-refractivity contribution >= 4 is 14.4 Å². The Bertz CT molecular complexity index is 244. The van der Waals surface area contributed by atoms with E-state index in [0.717, 1.165) is 6.29 Å². The highest BCUT2D eigenvalue weighted by Crippen LogP contribution is 2.15. The molecule has 0 aromatic carbocycles. The van der Waals surface area contributed by atoms with Crippen molar-refractivity contribution in [1.82, 2.24) is 0 Å². The lowest BCUT2D eigenvalue weighted by molar-refractivity contribution is -0.108. The standard InChI is InChI=1S/C11H20O2Si/c1-11(13-2,7-6-9-12)8-10-14(3,4)5/h9H,6-7H2,1-5H3. The summed E-state index contributed by atoms with van der Waals surface area (Å²) in [5.41, 5.74) is 2.81. The summed E-state index contributed by atoms with van der Waals surface area (Å²) in [5, 5.41) is 0. The van der Waals surface area contributed by atoms with Crippen molar-refractivity contribution in [2.45, 2.75) is 45.0 Å². The monoisotopic (exact) mass is 212 g/mol. The number of hydrogen-bond donors (Lipinski definition) is 0. The van der Waals surface area contributed by atoms with Crippen LogP contribution in [0.25, 0.3) is 0 Å². The Kier molecular flexibility index (Phi) is 5.10. The van der Waals surface area contributed by atoms with E-state index in [1.165, 1.54) is 0 Å². The van der Waals surface area contributed by atoms with E-state index in [1.807, 2.05) is 6.92 Å². The molecule has 0 spiro atoms. The van der Waals surface area contributed by atoms with Crippen LogP contribution in [0.4, 0.5) is 0 Å². The van der Waals surface area contributed by atoms with Crippen LogP contribution >= 0.6 is 0 Å². The molecular formula is C11H20O2Si. The van der Waals surface area contributed by atoms with E-state index < -0.39 is 13.7 Å². The van der Waals surface area contributed by atoms with Crippen molar-refractivity contribution in [3.05, 3.63) is 0 Å². The molecule has 0 aliphatic heterocycles. The van der Waals surface area contributed by atoms with Gasteiger partial charge in [-0.3, -0.25) is 0 Å². The Morgan fingerprint density at radius 1 is 1.43 bits per heavy atom. The average molecular weight is 212 g/mol. The minimum Gasteiger partial charge on any atom is -0.366 e. The summed E-state index contributed by atoms with van der Waals surface area (Å²) in [6.07, 6.45) is 2.09. The molecule has 1 atom stereocenters. The maximum Gasteiger partial charge on any atom is 0.129 e. The third kappa shape index (κ3) is 5.95. The largest absolute Gasteiger partial charge is 0.366 e. The maximum absolute atomic E-state index is 10.3. The molecule has 80 valence electrons. The zero-order valence-corrected chi connectivity index (χ0v) is 10.8. The summed E-state index contributed by atoms with van der Waals surface area (Å²) in [6, 6.07) is 0. The third-order valence-electron chi connectivity index (χ3n) is 1.89. The van der Waals surface area contributed by atoms with E-state index in [1.54, 1.807) is 7.11 Å². The lowest BCUT2D eigenvalue weighted by Crippen LogP contribution is -2.27. The molecule has 0 bridgehead atoms. The Morgan fingerprint density at radius 3 is 2.36 bits per heavy atom. The molecular weight excluding hydrogens is 192 g/mol. The molecule has 0 aromatic heterocycles. The number of carbonyl (C=O) groups is 1. The fourth-order valence-corrected chi connectivity index (χ4v) is 1.51. The van der Waals surface area contributed by atoms with Crippen LogP contribution in [0.3, 0.4) is 0 Å². The molecule has 3 heteroatoms. The lowest BCUT2D eigenvalue weighted by atomic mass is 10.0. The number of rotatable bonds is 4. The average Bonchev–Trinajstić information content (AvgIpc) is 2.10. The van der Waals surface area contributed by atoms with Crippen LogP contribution in [0.1, 0.15) is 19.8 Å². The molecule has 0 heterocycles. The van der Waals surface area contributed by atoms with Gasteiger partial charge in [-0.1, -0.05) is 25.6 Å². The lowest BCUT2D eigenvalue weighted by Gasteiger charge is -2.21. The van der Waals surface area contributed by atoms with Crippen LogP contribution < -0.4 is 0 Å². The number of hydrogen-bond acceptors (Lipinski definition) is 2. The molecule has 0 N–H and O–H groups in total. The van der Waals surface area contributed by atoms with Gasteiger partial charge in [-0.15, -0.1) is 5.54 Å². The Balaban J connectivity index is 4.51. The summed E-state index contributed by atoms with van der Waals surface area (Å²) >= 11 is 0. The van der Waals surface area contributed by atoms with E-state index in [-0.39, 0.29) is 0 Å². The molecule has 0 aliphatic carbocycles. The van der Waals surface area contributed by atoms with Crippen LogP contribution in [0, 0.1) is 11.5 Å². The number of carbonyl (C=O) groups excluding carboxylic acids is 1. The molecule has 0 rings (SSSR count). The molecule has 1 unspecified atom stereocenters. The van der Waals surface area contributed by atoms with E-state index in [4.69, 9.17) is 4.74 Å². The predicted molar refractivity (Wildman–Crippen MR) is 61.8 cm³/mol. The predicted octanol–water partition coefficient (Wildman–Crippen LogP) is 2.25. The number of aldehydes is 1. The van der Waals surface area contributed by atoms with Gasteiger partial charge in [0, 0.05) is 13.5 Å². The van der Waals surface area contributed by atoms with Crippen molar-refractivity contribution in [2.75, 3.05) is 7.11 Å². The fourth-order valence-electron chi connectivity index (χ4n) is 0.870. The highest BCUT2D eigenvalue weighted by molar-refractivity contribution is 6.83. The van der Waals surface area contributed by atoms with Gasteiger partial charge in [0.2, 0.25) is 0 Å². The highest BCUT2D eigenvalue weighted by atomic mass is 28.3. The van der Waals surface area contributed by atoms with Crippen LogP contribution in [-0.4, -0.2) is 27.1 Å². The van der Waals surface area contributed by atoms with E-state index in [2.05, 4.69) is 31.1 Å². The van der Waals surface area contributed by atoms with Gasteiger partial charge in [-0.2, -0.15) is 0 Å². The number of methoxy groups -OCH3 is 1. The summed E-state index contributed by atoms with van der Waals surface area (Å²) in [5.74, 6) is 3.15. The van der Waals surface area contributed by atoms with E-state index in [9.17, 15) is 4.79 Å². The summed E-state index contributed by atoms with van der Waals surface area (Å²) in [7, 11) is 0.291. The van der Waals surface area contributed by atoms with E-state index >= 15 is 0 Å². The van der Waals surface area contributed by atoms with Gasteiger partial charge in [0.05, 0.1) is 0 Å². The van der Waals surface area contributed by atoms with Crippen molar-refractivity contribution in [2.24, 2.45) is 0 Å². The third-order valence-corrected chi connectivity index (χ3v) is 2.77. The first-order chi connectivity index (χ1) is 6.33. The molecule has 0 saturated heterocycles. The summed E-state index contributed by atoms with van der Waals surface area (Å²) < 4.78 is 5.32. The van der Waals surface area contributed by atoms with Crippen LogP contribution in [0.15, 0.2) is 0 Å². The quantitative estimate of drug-likeness (QED) is 0.406. The van der Waals surface area contributed by atoms with Crippen LogP contribution in [0.5, 0.6) is 0 Å². The van der Waals surface area contributed by atoms with Crippen LogP contribution in [0.2, 0.25) is 19.6 Å². The maximum atomic E-state index is 10.3. The molecule has 14 heavy (non-hydrogen) atoms. The highest BCUT2D eigenvalue weighted by Gasteiger charge is 2.20. The molecule has 0 aromatic rings. The molecule has 0 saturated carbocycles. The first kappa shape index (κ1) is 13.4. The van der Waals surface area contributed by atoms with Crippen molar-refractivity contribution in [1.29, 1.82) is 0 Å². The topological polar surface area (TPSA) is 26.3 Å².